The van der Waals surface area contributed by atoms with Crippen LogP contribution in [0, 0.1) is 11.3 Å². The summed E-state index contributed by atoms with van der Waals surface area (Å²) < 4.78 is 0. The molecule has 0 aliphatic heterocycles. The number of benzene rings is 1. The largest absolute Gasteiger partial charge is 0.508 e. The summed E-state index contributed by atoms with van der Waals surface area (Å²) in [6.07, 6.45) is -0.000418. The molecule has 0 amide bonds. The van der Waals surface area contributed by atoms with Gasteiger partial charge in [-0.3, -0.25) is 4.79 Å². The number of carbonyl (C=O) groups is 1. The van der Waals surface area contributed by atoms with Gasteiger partial charge in [0.2, 0.25) is 0 Å². The van der Waals surface area contributed by atoms with E-state index >= 15 is 0 Å². The van der Waals surface area contributed by atoms with Gasteiger partial charge in [-0.05, 0) is 11.6 Å². The topological polar surface area (TPSA) is 81.3 Å². The van der Waals surface area contributed by atoms with Crippen molar-refractivity contribution in [3.05, 3.63) is 29.3 Å². The lowest BCUT2D eigenvalue weighted by atomic mass is 10.1. The zero-order valence-corrected chi connectivity index (χ0v) is 7.40. The van der Waals surface area contributed by atoms with Crippen molar-refractivity contribution in [1.29, 1.82) is 5.26 Å². The fourth-order valence-corrected chi connectivity index (χ4v) is 1.13. The number of phenols is 1. The van der Waals surface area contributed by atoms with E-state index in [1.807, 2.05) is 6.07 Å². The van der Waals surface area contributed by atoms with Gasteiger partial charge in [0.25, 0.3) is 0 Å². The summed E-state index contributed by atoms with van der Waals surface area (Å²) in [5.74, 6) is -0.970. The molecule has 0 saturated carbocycles. The minimum atomic E-state index is -0.947. The summed E-state index contributed by atoms with van der Waals surface area (Å²) >= 11 is 0. The molecule has 0 unspecified atom stereocenters. The van der Waals surface area contributed by atoms with Crippen LogP contribution in [0.3, 0.4) is 0 Å². The Labute approximate surface area is 81.0 Å². The summed E-state index contributed by atoms with van der Waals surface area (Å²) in [7, 11) is 0. The molecule has 0 atom stereocenters. The first-order valence-electron chi connectivity index (χ1n) is 4.03. The average molecular weight is 191 g/mol. The van der Waals surface area contributed by atoms with Crippen molar-refractivity contribution in [2.24, 2.45) is 0 Å². The standard InChI is InChI=1S/C10H9NO3/c11-4-3-8-2-1-7(5-9(8)12)6-10(13)14/h1-2,5,12H,3,6H2,(H,13,14). The first-order chi connectivity index (χ1) is 6.63. The number of nitrogens with zero attached hydrogens (tertiary/aromatic N) is 1. The van der Waals surface area contributed by atoms with Crippen LogP contribution in [0.5, 0.6) is 5.75 Å². The van der Waals surface area contributed by atoms with E-state index in [2.05, 4.69) is 0 Å². The zero-order chi connectivity index (χ0) is 10.6. The molecule has 0 heterocycles. The maximum Gasteiger partial charge on any atom is 0.307 e. The van der Waals surface area contributed by atoms with E-state index in [4.69, 9.17) is 10.4 Å². The highest BCUT2D eigenvalue weighted by atomic mass is 16.4. The molecule has 14 heavy (non-hydrogen) atoms. The number of hydrogen-bond donors (Lipinski definition) is 2. The Morgan fingerprint density at radius 2 is 2.21 bits per heavy atom. The highest BCUT2D eigenvalue weighted by Gasteiger charge is 2.04. The predicted molar refractivity (Wildman–Crippen MR) is 48.8 cm³/mol. The fourth-order valence-electron chi connectivity index (χ4n) is 1.13. The van der Waals surface area contributed by atoms with Crippen molar-refractivity contribution < 1.29 is 15.0 Å². The molecule has 1 rings (SSSR count). The maximum atomic E-state index is 10.4. The van der Waals surface area contributed by atoms with Gasteiger partial charge in [0.15, 0.2) is 0 Å². The molecule has 1 aromatic carbocycles. The van der Waals surface area contributed by atoms with Gasteiger partial charge in [-0.2, -0.15) is 5.26 Å². The first kappa shape index (κ1) is 10.1. The number of phenolic OH excluding ortho intramolecular Hbond substituents is 1. The molecule has 2 N–H and O–H groups in total. The summed E-state index contributed by atoms with van der Waals surface area (Å²) in [6.45, 7) is 0. The molecule has 0 radical (unpaired) electrons. The SMILES string of the molecule is N#CCc1ccc(CC(=O)O)cc1O. The highest BCUT2D eigenvalue weighted by molar-refractivity contribution is 5.70. The molecule has 4 heteroatoms. The number of aromatic hydroxyl groups is 1. The minimum Gasteiger partial charge on any atom is -0.508 e. The molecule has 1 aromatic rings. The molecule has 0 fully saturated rings. The Morgan fingerprint density at radius 3 is 2.71 bits per heavy atom. The number of aliphatic carboxylic acids is 1. The van der Waals surface area contributed by atoms with Crippen LogP contribution >= 0.6 is 0 Å². The molecular weight excluding hydrogens is 182 g/mol. The summed E-state index contributed by atoms with van der Waals surface area (Å²) in [4.78, 5) is 10.4. The van der Waals surface area contributed by atoms with E-state index in [9.17, 15) is 9.90 Å². The second-order valence-electron chi connectivity index (χ2n) is 2.87. The van der Waals surface area contributed by atoms with Crippen molar-refractivity contribution in [2.45, 2.75) is 12.8 Å². The second kappa shape index (κ2) is 4.28. The smallest absolute Gasteiger partial charge is 0.307 e. The van der Waals surface area contributed by atoms with Crippen molar-refractivity contribution >= 4 is 5.97 Å². The molecule has 0 spiro atoms. The normalized spacial score (nSPS) is 9.36. The maximum absolute atomic E-state index is 10.4. The quantitative estimate of drug-likeness (QED) is 0.749. The number of rotatable bonds is 3. The molecule has 4 nitrogen and oxygen atoms in total. The number of carboxylic acids is 1. The van der Waals surface area contributed by atoms with E-state index in [1.165, 1.54) is 6.07 Å². The van der Waals surface area contributed by atoms with Crippen LogP contribution < -0.4 is 0 Å². The van der Waals surface area contributed by atoms with E-state index in [-0.39, 0.29) is 18.6 Å². The van der Waals surface area contributed by atoms with Crippen LogP contribution in [-0.4, -0.2) is 16.2 Å². The molecule has 72 valence electrons. The highest BCUT2D eigenvalue weighted by Crippen LogP contribution is 2.19. The van der Waals surface area contributed by atoms with Gasteiger partial charge in [0.1, 0.15) is 5.75 Å². The fraction of sp³-hybridized carbons (Fsp3) is 0.200. The van der Waals surface area contributed by atoms with Crippen molar-refractivity contribution in [3.63, 3.8) is 0 Å². The van der Waals surface area contributed by atoms with Crippen molar-refractivity contribution in [1.82, 2.24) is 0 Å². The summed E-state index contributed by atoms with van der Waals surface area (Å²) in [5.41, 5.74) is 1.04. The Morgan fingerprint density at radius 1 is 1.50 bits per heavy atom. The number of hydrogen-bond acceptors (Lipinski definition) is 3. The average Bonchev–Trinajstić information content (AvgIpc) is 2.09. The molecule has 0 bridgehead atoms. The van der Waals surface area contributed by atoms with Gasteiger partial charge < -0.3 is 10.2 Å². The van der Waals surface area contributed by atoms with Crippen LogP contribution in [0.15, 0.2) is 18.2 Å². The van der Waals surface area contributed by atoms with Gasteiger partial charge in [0.05, 0.1) is 18.9 Å². The molecule has 0 aromatic heterocycles. The Hall–Kier alpha value is -2.02. The van der Waals surface area contributed by atoms with Crippen LogP contribution in [0.4, 0.5) is 0 Å². The first-order valence-corrected chi connectivity index (χ1v) is 4.03. The molecule has 0 saturated heterocycles. The minimum absolute atomic E-state index is 0.0229. The second-order valence-corrected chi connectivity index (χ2v) is 2.87. The van der Waals surface area contributed by atoms with Crippen LogP contribution in [0.2, 0.25) is 0 Å². The van der Waals surface area contributed by atoms with Crippen molar-refractivity contribution in [3.8, 4) is 11.8 Å². The third kappa shape index (κ3) is 2.49. The lowest BCUT2D eigenvalue weighted by Gasteiger charge is -2.02. The Kier molecular flexibility index (Phi) is 3.08. The number of nitriles is 1. The predicted octanol–water partition coefficient (Wildman–Crippen LogP) is 1.09. The van der Waals surface area contributed by atoms with Gasteiger partial charge in [-0.25, -0.2) is 0 Å². The van der Waals surface area contributed by atoms with Gasteiger partial charge in [-0.15, -0.1) is 0 Å². The molecule has 0 aliphatic carbocycles. The zero-order valence-electron chi connectivity index (χ0n) is 7.40. The van der Waals surface area contributed by atoms with E-state index < -0.39 is 5.97 Å². The van der Waals surface area contributed by atoms with Crippen LogP contribution in [0.25, 0.3) is 0 Å². The lowest BCUT2D eigenvalue weighted by Crippen LogP contribution is -2.00. The third-order valence-electron chi connectivity index (χ3n) is 1.77. The monoisotopic (exact) mass is 191 g/mol. The van der Waals surface area contributed by atoms with Gasteiger partial charge >= 0.3 is 5.97 Å². The molecule has 0 aliphatic rings. The van der Waals surface area contributed by atoms with Gasteiger partial charge in [0, 0.05) is 5.56 Å². The van der Waals surface area contributed by atoms with Crippen molar-refractivity contribution in [2.75, 3.05) is 0 Å². The van der Waals surface area contributed by atoms with E-state index in [1.54, 1.807) is 12.1 Å². The Bertz CT molecular complexity index is 393. The lowest BCUT2D eigenvalue weighted by molar-refractivity contribution is -0.136. The van der Waals surface area contributed by atoms with Crippen LogP contribution in [0.1, 0.15) is 11.1 Å². The molecular formula is C10H9NO3. The summed E-state index contributed by atoms with van der Waals surface area (Å²) in [5, 5.41) is 26.3. The van der Waals surface area contributed by atoms with E-state index in [0.29, 0.717) is 11.1 Å². The van der Waals surface area contributed by atoms with Crippen LogP contribution in [-0.2, 0) is 17.6 Å². The van der Waals surface area contributed by atoms with Gasteiger partial charge in [-0.1, -0.05) is 12.1 Å². The summed E-state index contributed by atoms with van der Waals surface area (Å²) in [6, 6.07) is 6.45. The van der Waals surface area contributed by atoms with E-state index in [0.717, 1.165) is 0 Å². The Balaban J connectivity index is 2.90. The third-order valence-corrected chi connectivity index (χ3v) is 1.77. The number of carboxylic acid groups (broad SMARTS) is 1.